The van der Waals surface area contributed by atoms with E-state index in [1.54, 1.807) is 4.90 Å². The smallest absolute Gasteiger partial charge is 0.242 e. The van der Waals surface area contributed by atoms with Gasteiger partial charge in [0, 0.05) is 13.0 Å². The van der Waals surface area contributed by atoms with Crippen molar-refractivity contribution >= 4 is 18.3 Å². The summed E-state index contributed by atoms with van der Waals surface area (Å²) in [6.45, 7) is 4.46. The SMILES string of the molecule is C[C@@H](O)[C@H](N)C(=O)N1Cc2nnc(Cc3ccccc3)n2[C@@H](C)C1.Cl. The molecular formula is C17H24ClN5O2. The Morgan fingerprint density at radius 2 is 2.04 bits per heavy atom. The lowest BCUT2D eigenvalue weighted by molar-refractivity contribution is -0.136. The van der Waals surface area contributed by atoms with E-state index in [-0.39, 0.29) is 24.4 Å². The van der Waals surface area contributed by atoms with Gasteiger partial charge in [-0.05, 0) is 19.4 Å². The summed E-state index contributed by atoms with van der Waals surface area (Å²) in [5.41, 5.74) is 6.96. The van der Waals surface area contributed by atoms with Gasteiger partial charge >= 0.3 is 0 Å². The number of aromatic nitrogens is 3. The Kier molecular flexibility index (Phi) is 6.16. The first kappa shape index (κ1) is 19.4. The standard InChI is InChI=1S/C17H23N5O2.ClH/c1-11-9-21(17(24)16(18)12(2)23)10-15-20-19-14(22(11)15)8-13-6-4-3-5-7-13;/h3-7,11-12,16,23H,8-10,18H2,1-2H3;1H/t11-,12+,16-;/m0./s1. The minimum atomic E-state index is -0.907. The molecule has 7 nitrogen and oxygen atoms in total. The van der Waals surface area contributed by atoms with Gasteiger partial charge in [0.05, 0.1) is 18.7 Å². The largest absolute Gasteiger partial charge is 0.391 e. The van der Waals surface area contributed by atoms with Crippen LogP contribution in [0.4, 0.5) is 0 Å². The summed E-state index contributed by atoms with van der Waals surface area (Å²) in [5.74, 6) is 1.40. The highest BCUT2D eigenvalue weighted by molar-refractivity contribution is 5.85. The van der Waals surface area contributed by atoms with Crippen molar-refractivity contribution in [2.75, 3.05) is 6.54 Å². The zero-order valence-electron chi connectivity index (χ0n) is 14.4. The lowest BCUT2D eigenvalue weighted by Gasteiger charge is -2.34. The number of rotatable bonds is 4. The Bertz CT molecular complexity index is 719. The number of carbonyl (C=O) groups excluding carboxylic acids is 1. The van der Waals surface area contributed by atoms with Crippen molar-refractivity contribution in [3.63, 3.8) is 0 Å². The zero-order chi connectivity index (χ0) is 17.3. The molecule has 3 N–H and O–H groups in total. The minimum Gasteiger partial charge on any atom is -0.391 e. The van der Waals surface area contributed by atoms with Gasteiger partial charge in [0.1, 0.15) is 11.9 Å². The molecule has 0 unspecified atom stereocenters. The molecule has 1 aliphatic rings. The van der Waals surface area contributed by atoms with E-state index < -0.39 is 12.1 Å². The predicted octanol–water partition coefficient (Wildman–Crippen LogP) is 0.902. The molecule has 2 heterocycles. The molecule has 1 aromatic heterocycles. The maximum absolute atomic E-state index is 12.4. The van der Waals surface area contributed by atoms with Crippen molar-refractivity contribution in [1.82, 2.24) is 19.7 Å². The van der Waals surface area contributed by atoms with Gasteiger partial charge in [-0.2, -0.15) is 0 Å². The molecule has 0 spiro atoms. The van der Waals surface area contributed by atoms with Crippen LogP contribution in [0.2, 0.25) is 0 Å². The van der Waals surface area contributed by atoms with E-state index in [9.17, 15) is 9.90 Å². The summed E-state index contributed by atoms with van der Waals surface area (Å²) in [7, 11) is 0. The Labute approximate surface area is 153 Å². The first-order valence-corrected chi connectivity index (χ1v) is 8.16. The van der Waals surface area contributed by atoms with E-state index in [0.29, 0.717) is 19.5 Å². The van der Waals surface area contributed by atoms with Gasteiger partial charge < -0.3 is 20.3 Å². The molecule has 0 bridgehead atoms. The van der Waals surface area contributed by atoms with Crippen LogP contribution in [-0.2, 0) is 17.8 Å². The summed E-state index contributed by atoms with van der Waals surface area (Å²) in [6, 6.07) is 9.27. The third-order valence-corrected chi connectivity index (χ3v) is 4.42. The van der Waals surface area contributed by atoms with Crippen LogP contribution in [0.1, 0.15) is 37.1 Å². The lowest BCUT2D eigenvalue weighted by atomic mass is 10.1. The van der Waals surface area contributed by atoms with E-state index in [0.717, 1.165) is 11.6 Å². The summed E-state index contributed by atoms with van der Waals surface area (Å²) >= 11 is 0. The molecule has 3 atom stereocenters. The van der Waals surface area contributed by atoms with Crippen LogP contribution in [0, 0.1) is 0 Å². The molecular weight excluding hydrogens is 342 g/mol. The predicted molar refractivity (Wildman–Crippen MR) is 96.3 cm³/mol. The van der Waals surface area contributed by atoms with Crippen molar-refractivity contribution in [2.24, 2.45) is 5.73 Å². The monoisotopic (exact) mass is 365 g/mol. The quantitative estimate of drug-likeness (QED) is 0.839. The van der Waals surface area contributed by atoms with Crippen molar-refractivity contribution in [1.29, 1.82) is 0 Å². The fourth-order valence-corrected chi connectivity index (χ4v) is 3.10. The van der Waals surface area contributed by atoms with Gasteiger partial charge in [-0.25, -0.2) is 0 Å². The Hall–Kier alpha value is -1.96. The second kappa shape index (κ2) is 7.95. The van der Waals surface area contributed by atoms with Crippen LogP contribution in [0.5, 0.6) is 0 Å². The van der Waals surface area contributed by atoms with Crippen LogP contribution < -0.4 is 5.73 Å². The highest BCUT2D eigenvalue weighted by atomic mass is 35.5. The van der Waals surface area contributed by atoms with Gasteiger partial charge in [-0.3, -0.25) is 4.79 Å². The minimum absolute atomic E-state index is 0. The number of nitrogens with zero attached hydrogens (tertiary/aromatic N) is 4. The van der Waals surface area contributed by atoms with Gasteiger partial charge in [0.15, 0.2) is 5.82 Å². The fraction of sp³-hybridized carbons (Fsp3) is 0.471. The fourth-order valence-electron chi connectivity index (χ4n) is 3.10. The second-order valence-electron chi connectivity index (χ2n) is 6.40. The average Bonchev–Trinajstić information content (AvgIpc) is 2.97. The molecule has 1 amide bonds. The Morgan fingerprint density at radius 1 is 1.36 bits per heavy atom. The van der Waals surface area contributed by atoms with E-state index >= 15 is 0 Å². The molecule has 2 aromatic rings. The second-order valence-corrected chi connectivity index (χ2v) is 6.40. The maximum Gasteiger partial charge on any atom is 0.242 e. The number of amides is 1. The lowest BCUT2D eigenvalue weighted by Crippen LogP contribution is -2.51. The van der Waals surface area contributed by atoms with Crippen molar-refractivity contribution in [3.05, 3.63) is 47.5 Å². The first-order valence-electron chi connectivity index (χ1n) is 8.16. The molecule has 0 radical (unpaired) electrons. The first-order chi connectivity index (χ1) is 11.5. The maximum atomic E-state index is 12.4. The molecule has 3 rings (SSSR count). The van der Waals surface area contributed by atoms with Crippen LogP contribution in [-0.4, -0.2) is 49.4 Å². The molecule has 0 saturated carbocycles. The van der Waals surface area contributed by atoms with Crippen molar-refractivity contribution in [3.8, 4) is 0 Å². The molecule has 0 aliphatic carbocycles. The molecule has 8 heteroatoms. The van der Waals surface area contributed by atoms with Crippen molar-refractivity contribution in [2.45, 2.75) is 45.0 Å². The van der Waals surface area contributed by atoms with E-state index in [4.69, 9.17) is 5.73 Å². The average molecular weight is 366 g/mol. The molecule has 0 fully saturated rings. The number of benzene rings is 1. The van der Waals surface area contributed by atoms with Crippen LogP contribution in [0.15, 0.2) is 30.3 Å². The Morgan fingerprint density at radius 3 is 2.68 bits per heavy atom. The number of halogens is 1. The third-order valence-electron chi connectivity index (χ3n) is 4.42. The molecule has 1 aliphatic heterocycles. The third kappa shape index (κ3) is 4.00. The topological polar surface area (TPSA) is 97.3 Å². The van der Waals surface area contributed by atoms with Crippen LogP contribution in [0.3, 0.4) is 0 Å². The highest BCUT2D eigenvalue weighted by Gasteiger charge is 2.32. The van der Waals surface area contributed by atoms with E-state index in [2.05, 4.69) is 26.9 Å². The Balaban J connectivity index is 0.00000225. The number of aliphatic hydroxyl groups excluding tert-OH is 1. The van der Waals surface area contributed by atoms with Crippen molar-refractivity contribution < 1.29 is 9.90 Å². The number of hydrogen-bond acceptors (Lipinski definition) is 5. The van der Waals surface area contributed by atoms with E-state index in [1.165, 1.54) is 12.5 Å². The van der Waals surface area contributed by atoms with Gasteiger partial charge in [-0.1, -0.05) is 30.3 Å². The molecule has 25 heavy (non-hydrogen) atoms. The highest BCUT2D eigenvalue weighted by Crippen LogP contribution is 2.23. The van der Waals surface area contributed by atoms with Gasteiger partial charge in [0.2, 0.25) is 5.91 Å². The summed E-state index contributed by atoms with van der Waals surface area (Å²) < 4.78 is 2.10. The molecule has 0 saturated heterocycles. The summed E-state index contributed by atoms with van der Waals surface area (Å²) in [4.78, 5) is 14.0. The summed E-state index contributed by atoms with van der Waals surface area (Å²) in [6.07, 6.45) is -0.166. The van der Waals surface area contributed by atoms with Crippen LogP contribution >= 0.6 is 12.4 Å². The number of carbonyl (C=O) groups is 1. The number of nitrogens with two attached hydrogens (primary N) is 1. The number of fused-ring (bicyclic) bond motifs is 1. The van der Waals surface area contributed by atoms with Crippen LogP contribution in [0.25, 0.3) is 0 Å². The zero-order valence-corrected chi connectivity index (χ0v) is 15.2. The molecule has 136 valence electrons. The van der Waals surface area contributed by atoms with Gasteiger partial charge in [-0.15, -0.1) is 22.6 Å². The summed E-state index contributed by atoms with van der Waals surface area (Å²) in [5, 5.41) is 18.1. The number of aliphatic hydroxyl groups is 1. The normalized spacial score (nSPS) is 18.9. The van der Waals surface area contributed by atoms with Gasteiger partial charge in [0.25, 0.3) is 0 Å². The molecule has 1 aromatic carbocycles. The van der Waals surface area contributed by atoms with E-state index in [1.807, 2.05) is 25.1 Å². The number of hydrogen-bond donors (Lipinski definition) is 2.